The minimum Gasteiger partial charge on any atom is -0.393 e. The lowest BCUT2D eigenvalue weighted by atomic mass is 9.50. The maximum Gasteiger partial charge on any atom is 0.0682 e. The predicted molar refractivity (Wildman–Crippen MR) is 125 cm³/mol. The van der Waals surface area contributed by atoms with Gasteiger partial charge in [-0.15, -0.1) is 0 Å². The van der Waals surface area contributed by atoms with Gasteiger partial charge in [0.25, 0.3) is 0 Å². The standard InChI is InChI=1S/C28H48O2/c1-6-28(30)16-14-21-20(17-28)8-9-23-22(21)13-15-27(5)24(10-11-25(23)27)19(4)7-12-26(29)18(2)3/h8,18-19,21-26,29-30H,6-7,9-17H2,1-5H3/t19-,21+,22-,23-,24-,25+,26?,27-,28+/m1/s1. The Hall–Kier alpha value is -0.340. The Morgan fingerprint density at radius 2 is 1.80 bits per heavy atom. The molecular formula is C28H48O2. The molecule has 4 aliphatic carbocycles. The number of hydrogen-bond donors (Lipinski definition) is 2. The molecule has 2 heteroatoms. The summed E-state index contributed by atoms with van der Waals surface area (Å²) in [4.78, 5) is 0. The van der Waals surface area contributed by atoms with Crippen LogP contribution in [0, 0.1) is 46.8 Å². The average molecular weight is 417 g/mol. The van der Waals surface area contributed by atoms with Crippen LogP contribution >= 0.6 is 0 Å². The highest BCUT2D eigenvalue weighted by Crippen LogP contribution is 2.65. The molecule has 4 rings (SSSR count). The molecule has 9 atom stereocenters. The fourth-order valence-corrected chi connectivity index (χ4v) is 8.61. The highest BCUT2D eigenvalue weighted by atomic mass is 16.3. The van der Waals surface area contributed by atoms with Crippen molar-refractivity contribution in [1.29, 1.82) is 0 Å². The molecule has 0 heterocycles. The number of fused-ring (bicyclic) bond motifs is 5. The smallest absolute Gasteiger partial charge is 0.0682 e. The van der Waals surface area contributed by atoms with Gasteiger partial charge >= 0.3 is 0 Å². The van der Waals surface area contributed by atoms with E-state index >= 15 is 0 Å². The minimum absolute atomic E-state index is 0.136. The van der Waals surface area contributed by atoms with Gasteiger partial charge in [0.1, 0.15) is 0 Å². The van der Waals surface area contributed by atoms with E-state index in [-0.39, 0.29) is 6.10 Å². The van der Waals surface area contributed by atoms with Gasteiger partial charge in [0.15, 0.2) is 0 Å². The highest BCUT2D eigenvalue weighted by Gasteiger charge is 2.57. The molecule has 0 spiro atoms. The zero-order valence-corrected chi connectivity index (χ0v) is 20.4. The molecule has 1 unspecified atom stereocenters. The minimum atomic E-state index is -0.424. The summed E-state index contributed by atoms with van der Waals surface area (Å²) in [5, 5.41) is 21.2. The zero-order chi connectivity index (χ0) is 21.7. The lowest BCUT2D eigenvalue weighted by Crippen LogP contribution is -2.48. The molecule has 0 aromatic rings. The molecule has 172 valence electrons. The molecule has 0 aromatic carbocycles. The van der Waals surface area contributed by atoms with E-state index < -0.39 is 5.60 Å². The molecule has 30 heavy (non-hydrogen) atoms. The molecule has 3 saturated carbocycles. The van der Waals surface area contributed by atoms with E-state index in [1.165, 1.54) is 44.9 Å². The first-order chi connectivity index (χ1) is 14.2. The van der Waals surface area contributed by atoms with Crippen molar-refractivity contribution in [2.24, 2.45) is 46.8 Å². The first kappa shape index (κ1) is 22.8. The maximum absolute atomic E-state index is 10.9. The summed E-state index contributed by atoms with van der Waals surface area (Å²) >= 11 is 0. The van der Waals surface area contributed by atoms with Crippen molar-refractivity contribution in [2.45, 2.75) is 117 Å². The second-order valence-electron chi connectivity index (χ2n) is 12.4. The number of aliphatic hydroxyl groups excluding tert-OH is 1. The molecular weight excluding hydrogens is 368 g/mol. The molecule has 0 amide bonds. The second kappa shape index (κ2) is 8.54. The summed E-state index contributed by atoms with van der Waals surface area (Å²) in [7, 11) is 0. The monoisotopic (exact) mass is 416 g/mol. The Morgan fingerprint density at radius 3 is 2.50 bits per heavy atom. The van der Waals surface area contributed by atoms with Gasteiger partial charge in [-0.05, 0) is 117 Å². The summed E-state index contributed by atoms with van der Waals surface area (Å²) in [6, 6.07) is 0. The van der Waals surface area contributed by atoms with Crippen LogP contribution in [-0.4, -0.2) is 21.9 Å². The van der Waals surface area contributed by atoms with Gasteiger partial charge in [-0.2, -0.15) is 0 Å². The van der Waals surface area contributed by atoms with E-state index in [9.17, 15) is 10.2 Å². The summed E-state index contributed by atoms with van der Waals surface area (Å²) in [6.45, 7) is 11.5. The van der Waals surface area contributed by atoms with Crippen LogP contribution in [0.3, 0.4) is 0 Å². The highest BCUT2D eigenvalue weighted by molar-refractivity contribution is 5.22. The van der Waals surface area contributed by atoms with Crippen LogP contribution < -0.4 is 0 Å². The van der Waals surface area contributed by atoms with E-state index in [0.29, 0.717) is 11.3 Å². The number of allylic oxidation sites excluding steroid dienone is 1. The lowest BCUT2D eigenvalue weighted by molar-refractivity contribution is -0.0466. The van der Waals surface area contributed by atoms with Gasteiger partial charge in [0.2, 0.25) is 0 Å². The van der Waals surface area contributed by atoms with Crippen molar-refractivity contribution in [3.8, 4) is 0 Å². The van der Waals surface area contributed by atoms with Crippen LogP contribution in [0.4, 0.5) is 0 Å². The molecule has 0 radical (unpaired) electrons. The van der Waals surface area contributed by atoms with Crippen molar-refractivity contribution in [3.63, 3.8) is 0 Å². The first-order valence-corrected chi connectivity index (χ1v) is 13.3. The summed E-state index contributed by atoms with van der Waals surface area (Å²) < 4.78 is 0. The van der Waals surface area contributed by atoms with E-state index in [1.54, 1.807) is 5.57 Å². The van der Waals surface area contributed by atoms with Crippen molar-refractivity contribution in [3.05, 3.63) is 11.6 Å². The molecule has 4 aliphatic rings. The molecule has 0 saturated heterocycles. The van der Waals surface area contributed by atoms with Gasteiger partial charge in [-0.25, -0.2) is 0 Å². The third-order valence-corrected chi connectivity index (χ3v) is 10.7. The van der Waals surface area contributed by atoms with Crippen molar-refractivity contribution >= 4 is 0 Å². The molecule has 0 bridgehead atoms. The Balaban J connectivity index is 1.45. The largest absolute Gasteiger partial charge is 0.393 e. The second-order valence-corrected chi connectivity index (χ2v) is 12.4. The van der Waals surface area contributed by atoms with Gasteiger partial charge < -0.3 is 10.2 Å². The zero-order valence-electron chi connectivity index (χ0n) is 20.4. The van der Waals surface area contributed by atoms with Crippen molar-refractivity contribution in [1.82, 2.24) is 0 Å². The Labute approximate surface area is 185 Å². The Morgan fingerprint density at radius 1 is 1.03 bits per heavy atom. The van der Waals surface area contributed by atoms with Crippen LogP contribution in [0.2, 0.25) is 0 Å². The molecule has 0 aromatic heterocycles. The number of rotatable bonds is 6. The van der Waals surface area contributed by atoms with Gasteiger partial charge in [-0.3, -0.25) is 0 Å². The van der Waals surface area contributed by atoms with Crippen molar-refractivity contribution in [2.75, 3.05) is 0 Å². The van der Waals surface area contributed by atoms with Crippen LogP contribution in [-0.2, 0) is 0 Å². The summed E-state index contributed by atoms with van der Waals surface area (Å²) in [5.41, 5.74) is 1.70. The Bertz CT molecular complexity index is 639. The normalized spacial score (nSPS) is 45.3. The number of hydrogen-bond acceptors (Lipinski definition) is 2. The van der Waals surface area contributed by atoms with Gasteiger partial charge in [0, 0.05) is 0 Å². The van der Waals surface area contributed by atoms with Crippen LogP contribution in [0.5, 0.6) is 0 Å². The SMILES string of the molecule is CC[C@]1(O)CC[C@H]2C(=CC[C@@H]3[C@@H]2CC[C@]2(C)[C@@H]([C@H](C)CCC(O)C(C)C)CC[C@@H]32)C1. The van der Waals surface area contributed by atoms with E-state index in [2.05, 4.69) is 40.7 Å². The third kappa shape index (κ3) is 3.94. The predicted octanol–water partition coefficient (Wildman–Crippen LogP) is 6.75. The first-order valence-electron chi connectivity index (χ1n) is 13.3. The summed E-state index contributed by atoms with van der Waals surface area (Å²) in [6.07, 6.45) is 15.6. The van der Waals surface area contributed by atoms with Crippen LogP contribution in [0.25, 0.3) is 0 Å². The summed E-state index contributed by atoms with van der Waals surface area (Å²) in [5.74, 6) is 5.36. The quantitative estimate of drug-likeness (QED) is 0.470. The fourth-order valence-electron chi connectivity index (χ4n) is 8.61. The topological polar surface area (TPSA) is 40.5 Å². The molecule has 2 N–H and O–H groups in total. The van der Waals surface area contributed by atoms with E-state index in [4.69, 9.17) is 0 Å². The molecule has 3 fully saturated rings. The number of aliphatic hydroxyl groups is 2. The Kier molecular flexibility index (Phi) is 6.50. The average Bonchev–Trinajstić information content (AvgIpc) is 3.08. The van der Waals surface area contributed by atoms with Crippen LogP contribution in [0.1, 0.15) is 105 Å². The van der Waals surface area contributed by atoms with Gasteiger partial charge in [0.05, 0.1) is 11.7 Å². The van der Waals surface area contributed by atoms with Crippen molar-refractivity contribution < 1.29 is 10.2 Å². The van der Waals surface area contributed by atoms with Gasteiger partial charge in [-0.1, -0.05) is 46.3 Å². The molecule has 2 nitrogen and oxygen atoms in total. The van der Waals surface area contributed by atoms with Crippen LogP contribution in [0.15, 0.2) is 11.6 Å². The third-order valence-electron chi connectivity index (χ3n) is 10.7. The maximum atomic E-state index is 10.9. The van der Waals surface area contributed by atoms with E-state index in [1.807, 2.05) is 0 Å². The lowest BCUT2D eigenvalue weighted by Gasteiger charge is -2.55. The molecule has 0 aliphatic heterocycles. The fraction of sp³-hybridized carbons (Fsp3) is 0.929. The van der Waals surface area contributed by atoms with E-state index in [0.717, 1.165) is 61.2 Å².